The molecule has 0 spiro atoms. The van der Waals surface area contributed by atoms with Gasteiger partial charge in [0.2, 0.25) is 0 Å². The lowest BCUT2D eigenvalue weighted by Gasteiger charge is -2.48. The number of hydrogen-bond acceptors (Lipinski definition) is 8. The molecule has 0 saturated heterocycles. The normalized spacial score (nSPS) is 12.6. The second-order valence-corrected chi connectivity index (χ2v) is 18.0. The van der Waals surface area contributed by atoms with Crippen LogP contribution in [0.1, 0.15) is 40.2 Å². The minimum atomic E-state index is -1.33. The molecule has 5 aromatic rings. The fourth-order valence-electron chi connectivity index (χ4n) is 5.01. The topological polar surface area (TPSA) is 92.6 Å². The lowest BCUT2D eigenvalue weighted by atomic mass is 10.0. The van der Waals surface area contributed by atoms with E-state index in [1.807, 2.05) is 47.3 Å². The average molecular weight is 723 g/mol. The number of hydrogen-bond donors (Lipinski definition) is 1. The third kappa shape index (κ3) is 7.85. The van der Waals surface area contributed by atoms with Crippen molar-refractivity contribution in [2.24, 2.45) is 0 Å². The van der Waals surface area contributed by atoms with E-state index in [1.165, 1.54) is 0 Å². The van der Waals surface area contributed by atoms with Gasteiger partial charge in [0.15, 0.2) is 0 Å². The first-order chi connectivity index (χ1) is 22.2. The highest BCUT2D eigenvalue weighted by atomic mass is 79.9. The van der Waals surface area contributed by atoms with Gasteiger partial charge in [0, 0.05) is 52.3 Å². The molecule has 5 rings (SSSR count). The van der Waals surface area contributed by atoms with Gasteiger partial charge < -0.3 is 23.7 Å². The molecule has 0 bridgehead atoms. The van der Waals surface area contributed by atoms with Crippen LogP contribution >= 0.6 is 26.2 Å². The van der Waals surface area contributed by atoms with Crippen LogP contribution in [0.25, 0.3) is 27.7 Å². The number of nitrogens with zero attached hydrogens (tertiary/aromatic N) is 4. The zero-order valence-corrected chi connectivity index (χ0v) is 31.0. The number of benzene rings is 3. The quantitative estimate of drug-likeness (QED) is 0.137. The van der Waals surface area contributed by atoms with Crippen molar-refractivity contribution in [3.8, 4) is 34.1 Å². The smallest absolute Gasteiger partial charge is 0.135 e. The average Bonchev–Trinajstić information content (AvgIpc) is 3.56. The Morgan fingerprint density at radius 1 is 0.936 bits per heavy atom. The largest absolute Gasteiger partial charge is 0.497 e. The van der Waals surface area contributed by atoms with Crippen LogP contribution in [0.5, 0.6) is 17.2 Å². The van der Waals surface area contributed by atoms with Gasteiger partial charge in [0.05, 0.1) is 41.8 Å². The summed E-state index contributed by atoms with van der Waals surface area (Å²) in [7, 11) is 1.96. The van der Waals surface area contributed by atoms with Gasteiger partial charge in [0.25, 0.3) is 0 Å². The first kappa shape index (κ1) is 34.5. The Labute approximate surface area is 287 Å². The van der Waals surface area contributed by atoms with Crippen molar-refractivity contribution < 1.29 is 18.4 Å². The number of halogens is 1. The summed E-state index contributed by atoms with van der Waals surface area (Å²) in [5, 5.41) is 17.8. The Hall–Kier alpha value is -3.80. The maximum atomic E-state index is 6.66. The number of nitrogens with one attached hydrogen (secondary N) is 1. The molecule has 2 aromatic heterocycles. The summed E-state index contributed by atoms with van der Waals surface area (Å²) < 4.78 is 26.7. The molecule has 0 aliphatic rings. The van der Waals surface area contributed by atoms with E-state index in [1.54, 1.807) is 26.6 Å². The van der Waals surface area contributed by atoms with Crippen molar-refractivity contribution in [3.05, 3.63) is 83.2 Å². The molecular formula is C36H44BrN5O4S. The van der Waals surface area contributed by atoms with E-state index >= 15 is 0 Å². The third-order valence-electron chi connectivity index (χ3n) is 8.20. The van der Waals surface area contributed by atoms with Crippen molar-refractivity contribution in [2.45, 2.75) is 51.5 Å². The van der Waals surface area contributed by atoms with Crippen molar-refractivity contribution in [1.82, 2.24) is 20.0 Å². The summed E-state index contributed by atoms with van der Waals surface area (Å²) in [4.78, 5) is 0. The molecule has 0 atom stereocenters. The maximum absolute atomic E-state index is 6.66. The van der Waals surface area contributed by atoms with E-state index < -0.39 is 15.9 Å². The lowest BCUT2D eigenvalue weighted by Crippen LogP contribution is -2.38. The summed E-state index contributed by atoms with van der Waals surface area (Å²) in [5.74, 6) is 2.20. The van der Waals surface area contributed by atoms with E-state index in [4.69, 9.17) is 18.4 Å². The van der Waals surface area contributed by atoms with Gasteiger partial charge in [-0.3, -0.25) is 0 Å². The highest BCUT2D eigenvalue weighted by Gasteiger charge is 2.35. The van der Waals surface area contributed by atoms with Gasteiger partial charge in [-0.1, -0.05) is 26.8 Å². The fourth-order valence-corrected chi connectivity index (χ4v) is 6.89. The molecule has 3 aromatic carbocycles. The van der Waals surface area contributed by atoms with Crippen LogP contribution in [0.4, 0.5) is 5.69 Å². The number of ether oxygens (including phenoxy) is 3. The number of rotatable bonds is 12. The van der Waals surface area contributed by atoms with Crippen molar-refractivity contribution >= 4 is 42.8 Å². The van der Waals surface area contributed by atoms with Crippen LogP contribution in [0.2, 0.25) is 0 Å². The Morgan fingerprint density at radius 2 is 1.72 bits per heavy atom. The Kier molecular flexibility index (Phi) is 10.1. The predicted molar refractivity (Wildman–Crippen MR) is 197 cm³/mol. The number of methoxy groups -OCH3 is 2. The Balaban J connectivity index is 1.43. The minimum Gasteiger partial charge on any atom is -0.497 e. The van der Waals surface area contributed by atoms with E-state index in [2.05, 4.69) is 102 Å². The molecule has 0 fully saturated rings. The highest BCUT2D eigenvalue weighted by Crippen LogP contribution is 2.56. The molecule has 0 radical (unpaired) electrons. The molecule has 0 saturated carbocycles. The van der Waals surface area contributed by atoms with Crippen molar-refractivity contribution in [1.29, 1.82) is 0 Å². The number of aromatic nitrogens is 4. The lowest BCUT2D eigenvalue weighted by molar-refractivity contribution is 0.0645. The first-order valence-electron chi connectivity index (χ1n) is 15.3. The second kappa shape index (κ2) is 13.7. The van der Waals surface area contributed by atoms with Crippen molar-refractivity contribution in [3.63, 3.8) is 0 Å². The van der Waals surface area contributed by atoms with Crippen LogP contribution in [0, 0.1) is 0 Å². The molecule has 2 heterocycles. The van der Waals surface area contributed by atoms with Gasteiger partial charge in [-0.05, 0) is 84.3 Å². The molecule has 0 unspecified atom stereocenters. The SMILES string of the molecule is COc1ccc(CNc2cnnc3cc(-c4cc(Br)c(OCC(C)(C)OS(C)(C)C(C)(C)C)cc4-n4cccn4)ccc23)c(OC)c1. The van der Waals surface area contributed by atoms with Gasteiger partial charge in [-0.2, -0.15) is 15.3 Å². The van der Waals surface area contributed by atoms with Crippen LogP contribution < -0.4 is 19.5 Å². The summed E-state index contributed by atoms with van der Waals surface area (Å²) in [6.45, 7) is 11.8. The van der Waals surface area contributed by atoms with Crippen LogP contribution in [-0.4, -0.2) is 63.7 Å². The van der Waals surface area contributed by atoms with Crippen molar-refractivity contribution in [2.75, 3.05) is 38.7 Å². The summed E-state index contributed by atoms with van der Waals surface area (Å²) in [5.41, 5.74) is 4.96. The summed E-state index contributed by atoms with van der Waals surface area (Å²) in [6.07, 6.45) is 9.85. The van der Waals surface area contributed by atoms with Gasteiger partial charge >= 0.3 is 0 Å². The number of fused-ring (bicyclic) bond motifs is 1. The van der Waals surface area contributed by atoms with E-state index in [0.29, 0.717) is 18.9 Å². The molecule has 11 heteroatoms. The van der Waals surface area contributed by atoms with Gasteiger partial charge in [-0.25, -0.2) is 4.68 Å². The monoisotopic (exact) mass is 721 g/mol. The third-order valence-corrected chi connectivity index (χ3v) is 12.6. The van der Waals surface area contributed by atoms with Crippen LogP contribution in [0.15, 0.2) is 77.7 Å². The Bertz CT molecular complexity index is 1860. The zero-order valence-electron chi connectivity index (χ0n) is 28.6. The highest BCUT2D eigenvalue weighted by molar-refractivity contribution is 9.10. The minimum absolute atomic E-state index is 0.0465. The molecule has 0 aliphatic heterocycles. The van der Waals surface area contributed by atoms with Crippen LogP contribution in [0.3, 0.4) is 0 Å². The molecule has 9 nitrogen and oxygen atoms in total. The standard InChI is InChI=1S/C36H44BrN5O4S/c1-35(2,3)47(8,9)46-36(4,5)23-45-34-20-32(42-16-10-15-40-42)28(19-29(34)37)24-12-14-27-30(17-24)41-39-22-31(27)38-21-25-11-13-26(43-6)18-33(25)44-7/h10-20,22H,21,23H2,1-9H3,(H,38,41). The molecule has 1 N–H and O–H groups in total. The fraction of sp³-hybridized carbons (Fsp3) is 0.361. The summed E-state index contributed by atoms with van der Waals surface area (Å²) in [6, 6.07) is 18.0. The molecule has 250 valence electrons. The molecule has 47 heavy (non-hydrogen) atoms. The summed E-state index contributed by atoms with van der Waals surface area (Å²) >= 11 is 3.78. The van der Waals surface area contributed by atoms with Gasteiger partial charge in [0.1, 0.15) is 29.5 Å². The van der Waals surface area contributed by atoms with Gasteiger partial charge in [-0.15, -0.1) is 10.3 Å². The zero-order chi connectivity index (χ0) is 34.0. The second-order valence-electron chi connectivity index (χ2n) is 13.2. The Morgan fingerprint density at radius 3 is 2.40 bits per heavy atom. The van der Waals surface area contributed by atoms with E-state index in [9.17, 15) is 0 Å². The van der Waals surface area contributed by atoms with E-state index in [0.717, 1.165) is 54.9 Å². The molecule has 0 amide bonds. The predicted octanol–water partition coefficient (Wildman–Crippen LogP) is 8.83. The molecular weight excluding hydrogens is 678 g/mol. The van der Waals surface area contributed by atoms with E-state index in [-0.39, 0.29) is 4.75 Å². The first-order valence-corrected chi connectivity index (χ1v) is 18.5. The number of anilines is 1. The maximum Gasteiger partial charge on any atom is 0.135 e. The molecule has 0 aliphatic carbocycles. The van der Waals surface area contributed by atoms with Crippen LogP contribution in [-0.2, 0) is 10.7 Å².